The largest absolute Gasteiger partial charge is 0.143 e. The Balaban J connectivity index is 1.13. The molecule has 0 aliphatic heterocycles. The molecule has 262 valence electrons. The molecule has 1 heteroatoms. The van der Waals surface area contributed by atoms with Gasteiger partial charge in [-0.1, -0.05) is 164 Å². The fraction of sp³-hybridized carbons (Fsp3) is 0.0182. The molecule has 0 radical (unpaired) electrons. The summed E-state index contributed by atoms with van der Waals surface area (Å²) in [6, 6.07) is 71.8. The Kier molecular flexibility index (Phi) is 7.59. The molecule has 10 aromatic rings. The maximum atomic E-state index is 4.89. The van der Waals surface area contributed by atoms with E-state index in [1.54, 1.807) is 0 Å². The first kappa shape index (κ1) is 32.7. The lowest BCUT2D eigenvalue weighted by molar-refractivity contribution is 1.40. The quantitative estimate of drug-likeness (QED) is 0.136. The molecule has 0 amide bonds. The van der Waals surface area contributed by atoms with Gasteiger partial charge in [0.25, 0.3) is 0 Å². The Bertz CT molecular complexity index is 3210. The van der Waals surface area contributed by atoms with Crippen LogP contribution in [0, 0.1) is 6.92 Å². The molecule has 1 aliphatic carbocycles. The van der Waals surface area contributed by atoms with Crippen LogP contribution in [0.25, 0.3) is 110 Å². The lowest BCUT2D eigenvalue weighted by Gasteiger charge is -2.23. The van der Waals surface area contributed by atoms with Crippen LogP contribution < -0.4 is 0 Å². The van der Waals surface area contributed by atoms with Crippen LogP contribution in [0.1, 0.15) is 5.56 Å². The topological polar surface area (TPSA) is 0 Å². The van der Waals surface area contributed by atoms with Crippen molar-refractivity contribution in [2.24, 2.45) is 0 Å². The standard InChI is InChI=1S/C55H36S/c1-34-12-2-3-13-39(34)54-33-38(25-29-55(54)56)37-24-28-50-46-20-9-8-19-45(46)49-27-23-36(31-52(49)53(50)32-37)35-22-26-48-44-18-7-6-16-42(44)40-14-4-5-15-41(40)43-17-10-11-21-47(43)51(48)30-35/h2-33,56H,1H3. The summed E-state index contributed by atoms with van der Waals surface area (Å²) < 4.78 is 0. The predicted octanol–water partition coefficient (Wildman–Crippen LogP) is 15.7. The van der Waals surface area contributed by atoms with Crippen molar-refractivity contribution in [2.45, 2.75) is 11.8 Å². The van der Waals surface area contributed by atoms with E-state index in [0.29, 0.717) is 0 Å². The zero-order valence-corrected chi connectivity index (χ0v) is 31.8. The molecule has 0 spiro atoms. The van der Waals surface area contributed by atoms with E-state index >= 15 is 0 Å². The van der Waals surface area contributed by atoms with E-state index in [1.165, 1.54) is 110 Å². The molecule has 10 aromatic carbocycles. The third-order valence-corrected chi connectivity index (χ3v) is 12.3. The van der Waals surface area contributed by atoms with Gasteiger partial charge in [0, 0.05) is 4.90 Å². The van der Waals surface area contributed by atoms with Crippen LogP contribution in [-0.4, -0.2) is 0 Å². The number of hydrogen-bond donors (Lipinski definition) is 1. The molecule has 0 heterocycles. The van der Waals surface area contributed by atoms with Crippen molar-refractivity contribution in [3.8, 4) is 77.9 Å². The molecule has 0 nitrogen and oxygen atoms in total. The van der Waals surface area contributed by atoms with Gasteiger partial charge in [-0.05, 0) is 153 Å². The number of benzene rings is 10. The van der Waals surface area contributed by atoms with Crippen molar-refractivity contribution in [2.75, 3.05) is 0 Å². The minimum Gasteiger partial charge on any atom is -0.143 e. The normalized spacial score (nSPS) is 11.8. The Labute approximate surface area is 332 Å². The first-order chi connectivity index (χ1) is 27.6. The van der Waals surface area contributed by atoms with Crippen molar-refractivity contribution in [1.29, 1.82) is 0 Å². The van der Waals surface area contributed by atoms with E-state index in [4.69, 9.17) is 12.6 Å². The first-order valence-corrected chi connectivity index (χ1v) is 19.8. The third-order valence-electron chi connectivity index (χ3n) is 11.9. The Morgan fingerprint density at radius 1 is 0.250 bits per heavy atom. The molecule has 0 fully saturated rings. The number of rotatable bonds is 3. The van der Waals surface area contributed by atoms with Crippen LogP contribution in [0.5, 0.6) is 0 Å². The monoisotopic (exact) mass is 728 g/mol. The van der Waals surface area contributed by atoms with Crippen molar-refractivity contribution in [3.05, 3.63) is 200 Å². The smallest absolute Gasteiger partial charge is 0.0119 e. The van der Waals surface area contributed by atoms with Gasteiger partial charge in [-0.25, -0.2) is 0 Å². The summed E-state index contributed by atoms with van der Waals surface area (Å²) in [4.78, 5) is 0.983. The van der Waals surface area contributed by atoms with Gasteiger partial charge >= 0.3 is 0 Å². The molecule has 0 aromatic heterocycles. The van der Waals surface area contributed by atoms with Gasteiger partial charge in [-0.15, -0.1) is 12.6 Å². The van der Waals surface area contributed by atoms with E-state index in [0.717, 1.165) is 10.5 Å². The summed E-state index contributed by atoms with van der Waals surface area (Å²) in [6.07, 6.45) is 0. The molecule has 11 rings (SSSR count). The highest BCUT2D eigenvalue weighted by Gasteiger charge is 2.22. The molecule has 0 bridgehead atoms. The van der Waals surface area contributed by atoms with Gasteiger partial charge in [0.15, 0.2) is 0 Å². The summed E-state index contributed by atoms with van der Waals surface area (Å²) >= 11 is 4.89. The van der Waals surface area contributed by atoms with Crippen molar-refractivity contribution in [1.82, 2.24) is 0 Å². The van der Waals surface area contributed by atoms with Crippen molar-refractivity contribution in [3.63, 3.8) is 0 Å². The van der Waals surface area contributed by atoms with Gasteiger partial charge in [-0.3, -0.25) is 0 Å². The molecule has 1 aliphatic rings. The highest BCUT2D eigenvalue weighted by molar-refractivity contribution is 7.80. The number of thiol groups is 1. The lowest BCUT2D eigenvalue weighted by atomic mass is 9.80. The number of hydrogen-bond acceptors (Lipinski definition) is 1. The van der Waals surface area contributed by atoms with E-state index < -0.39 is 0 Å². The molecule has 56 heavy (non-hydrogen) atoms. The Morgan fingerprint density at radius 3 is 1.09 bits per heavy atom. The summed E-state index contributed by atoms with van der Waals surface area (Å²) in [5, 5.41) is 7.60. The van der Waals surface area contributed by atoms with Crippen LogP contribution >= 0.6 is 12.6 Å². The number of aryl methyl sites for hydroxylation is 1. The lowest BCUT2D eigenvalue weighted by Crippen LogP contribution is -1.97. The van der Waals surface area contributed by atoms with Gasteiger partial charge in [0.1, 0.15) is 0 Å². The zero-order valence-electron chi connectivity index (χ0n) is 30.9. The molecule has 0 N–H and O–H groups in total. The summed E-state index contributed by atoms with van der Waals surface area (Å²) in [5.41, 5.74) is 18.5. The van der Waals surface area contributed by atoms with Crippen LogP contribution in [0.4, 0.5) is 0 Å². The number of fused-ring (bicyclic) bond motifs is 14. The van der Waals surface area contributed by atoms with E-state index in [1.807, 2.05) is 0 Å². The van der Waals surface area contributed by atoms with Crippen LogP contribution in [0.15, 0.2) is 199 Å². The second-order valence-electron chi connectivity index (χ2n) is 15.0. The van der Waals surface area contributed by atoms with Gasteiger partial charge in [0.2, 0.25) is 0 Å². The maximum Gasteiger partial charge on any atom is 0.0119 e. The van der Waals surface area contributed by atoms with E-state index in [2.05, 4.69) is 201 Å². The molecule has 0 unspecified atom stereocenters. The van der Waals surface area contributed by atoms with E-state index in [-0.39, 0.29) is 0 Å². The first-order valence-electron chi connectivity index (χ1n) is 19.3. The summed E-state index contributed by atoms with van der Waals surface area (Å²) in [5.74, 6) is 0. The zero-order chi connectivity index (χ0) is 37.3. The average Bonchev–Trinajstić information content (AvgIpc) is 3.26. The Hall–Kier alpha value is -6.67. The van der Waals surface area contributed by atoms with Crippen molar-refractivity contribution >= 4 is 44.9 Å². The Morgan fingerprint density at radius 2 is 0.589 bits per heavy atom. The predicted molar refractivity (Wildman–Crippen MR) is 243 cm³/mol. The van der Waals surface area contributed by atoms with Gasteiger partial charge in [-0.2, -0.15) is 0 Å². The van der Waals surface area contributed by atoms with Gasteiger partial charge < -0.3 is 0 Å². The molecular weight excluding hydrogens is 693 g/mol. The summed E-state index contributed by atoms with van der Waals surface area (Å²) in [6.45, 7) is 2.17. The second-order valence-corrected chi connectivity index (χ2v) is 15.5. The van der Waals surface area contributed by atoms with Crippen LogP contribution in [0.2, 0.25) is 0 Å². The minimum atomic E-state index is 0.983. The summed E-state index contributed by atoms with van der Waals surface area (Å²) in [7, 11) is 0. The third kappa shape index (κ3) is 5.16. The van der Waals surface area contributed by atoms with Crippen LogP contribution in [-0.2, 0) is 0 Å². The van der Waals surface area contributed by atoms with Crippen LogP contribution in [0.3, 0.4) is 0 Å². The minimum absolute atomic E-state index is 0.983. The van der Waals surface area contributed by atoms with E-state index in [9.17, 15) is 0 Å². The van der Waals surface area contributed by atoms with Gasteiger partial charge in [0.05, 0.1) is 0 Å². The van der Waals surface area contributed by atoms with Crippen molar-refractivity contribution < 1.29 is 0 Å². The highest BCUT2D eigenvalue weighted by Crippen LogP contribution is 2.49. The highest BCUT2D eigenvalue weighted by atomic mass is 32.1. The maximum absolute atomic E-state index is 4.89. The molecular formula is C55H36S. The SMILES string of the molecule is Cc1ccccc1-c1cc(-c2ccc3c4ccccc4c4ccc(-c5ccc6c(c5)-c5ccccc5-c5ccccc5-c5ccccc5-6)cc4c3c2)ccc1S. The fourth-order valence-electron chi connectivity index (χ4n) is 9.16. The molecule has 0 saturated heterocycles. The average molecular weight is 729 g/mol. The second kappa shape index (κ2) is 13.0. The molecule has 0 saturated carbocycles. The fourth-order valence-corrected chi connectivity index (χ4v) is 9.42. The molecule has 0 atom stereocenters.